The van der Waals surface area contributed by atoms with Crippen molar-refractivity contribution in [3.8, 4) is 11.8 Å². The fourth-order valence-corrected chi connectivity index (χ4v) is 1.62. The summed E-state index contributed by atoms with van der Waals surface area (Å²) < 4.78 is 10.1. The molecule has 1 aromatic heterocycles. The molecule has 0 spiro atoms. The predicted octanol–water partition coefficient (Wildman–Crippen LogP) is 3.06. The minimum atomic E-state index is -0.517. The van der Waals surface area contributed by atoms with Crippen molar-refractivity contribution in [2.24, 2.45) is 0 Å². The molecule has 0 saturated heterocycles. The molecule has 0 fully saturated rings. The number of ether oxygens (including phenoxy) is 2. The fraction of sp³-hybridized carbons (Fsp3) is 0.214. The van der Waals surface area contributed by atoms with E-state index >= 15 is 0 Å². The lowest BCUT2D eigenvalue weighted by molar-refractivity contribution is 0.187. The highest BCUT2D eigenvalue weighted by molar-refractivity contribution is 5.84. The zero-order chi connectivity index (χ0) is 14.5. The minimum Gasteiger partial charge on any atom is -0.453 e. The molecule has 1 N–H and O–H groups in total. The Labute approximate surface area is 116 Å². The Bertz CT molecular complexity index is 591. The Balaban J connectivity index is 2.08. The second kappa shape index (κ2) is 6.01. The zero-order valence-electron chi connectivity index (χ0n) is 11.5. The third-order valence-electron chi connectivity index (χ3n) is 2.46. The Kier molecular flexibility index (Phi) is 4.14. The largest absolute Gasteiger partial charge is 0.453 e. The van der Waals surface area contributed by atoms with Crippen LogP contribution in [0, 0.1) is 13.8 Å². The summed E-state index contributed by atoms with van der Waals surface area (Å²) in [4.78, 5) is 19.4. The summed E-state index contributed by atoms with van der Waals surface area (Å²) in [5.41, 5.74) is 2.30. The second-order valence-electron chi connectivity index (χ2n) is 4.18. The molecule has 1 aromatic carbocycles. The van der Waals surface area contributed by atoms with Crippen LogP contribution in [0.3, 0.4) is 0 Å². The number of methoxy groups -OCH3 is 1. The number of aromatic nitrogens is 2. The van der Waals surface area contributed by atoms with E-state index in [1.54, 1.807) is 24.3 Å². The van der Waals surface area contributed by atoms with E-state index in [1.165, 1.54) is 7.11 Å². The van der Waals surface area contributed by atoms with Crippen LogP contribution in [0.5, 0.6) is 11.8 Å². The molecule has 0 bridgehead atoms. The molecular formula is C14H15N3O3. The number of amides is 1. The molecule has 2 aromatic rings. The monoisotopic (exact) mass is 273 g/mol. The Morgan fingerprint density at radius 1 is 1.10 bits per heavy atom. The van der Waals surface area contributed by atoms with Crippen molar-refractivity contribution in [3.05, 3.63) is 41.7 Å². The molecule has 0 aliphatic rings. The van der Waals surface area contributed by atoms with Crippen LogP contribution < -0.4 is 10.1 Å². The molecule has 0 aliphatic carbocycles. The average molecular weight is 273 g/mol. The molecule has 0 atom stereocenters. The number of carbonyl (C=O) groups is 1. The van der Waals surface area contributed by atoms with E-state index < -0.39 is 6.09 Å². The van der Waals surface area contributed by atoms with Crippen LogP contribution in [0.1, 0.15) is 11.4 Å². The summed E-state index contributed by atoms with van der Waals surface area (Å²) in [5, 5.41) is 2.55. The number of nitrogens with one attached hydrogen (secondary N) is 1. The van der Waals surface area contributed by atoms with Gasteiger partial charge in [0.15, 0.2) is 0 Å². The highest BCUT2D eigenvalue weighted by Crippen LogP contribution is 2.20. The van der Waals surface area contributed by atoms with Gasteiger partial charge in [-0.2, -0.15) is 0 Å². The number of benzene rings is 1. The lowest BCUT2D eigenvalue weighted by Crippen LogP contribution is -2.10. The molecule has 0 aliphatic heterocycles. The Morgan fingerprint density at radius 3 is 2.25 bits per heavy atom. The van der Waals surface area contributed by atoms with E-state index in [2.05, 4.69) is 20.0 Å². The molecule has 20 heavy (non-hydrogen) atoms. The van der Waals surface area contributed by atoms with Gasteiger partial charge in [0.25, 0.3) is 0 Å². The smallest absolute Gasteiger partial charge is 0.411 e. The summed E-state index contributed by atoms with van der Waals surface area (Å²) in [6.45, 7) is 3.76. The maximum atomic E-state index is 11.0. The fourth-order valence-electron chi connectivity index (χ4n) is 1.62. The maximum absolute atomic E-state index is 11.0. The third-order valence-corrected chi connectivity index (χ3v) is 2.46. The van der Waals surface area contributed by atoms with Gasteiger partial charge in [0.2, 0.25) is 0 Å². The van der Waals surface area contributed by atoms with Gasteiger partial charge in [-0.15, -0.1) is 0 Å². The van der Waals surface area contributed by atoms with E-state index in [0.29, 0.717) is 17.4 Å². The van der Waals surface area contributed by atoms with E-state index in [1.807, 2.05) is 19.9 Å². The van der Waals surface area contributed by atoms with Gasteiger partial charge in [-0.05, 0) is 44.2 Å². The van der Waals surface area contributed by atoms with Gasteiger partial charge >= 0.3 is 12.1 Å². The summed E-state index contributed by atoms with van der Waals surface area (Å²) in [5.74, 6) is 0.588. The molecule has 0 radical (unpaired) electrons. The summed E-state index contributed by atoms with van der Waals surface area (Å²) in [6.07, 6.45) is -0.517. The first kappa shape index (κ1) is 13.8. The van der Waals surface area contributed by atoms with Gasteiger partial charge < -0.3 is 9.47 Å². The van der Waals surface area contributed by atoms with Crippen molar-refractivity contribution in [3.63, 3.8) is 0 Å². The topological polar surface area (TPSA) is 73.3 Å². The van der Waals surface area contributed by atoms with Crippen LogP contribution in [0.15, 0.2) is 30.3 Å². The van der Waals surface area contributed by atoms with Gasteiger partial charge in [0, 0.05) is 17.1 Å². The maximum Gasteiger partial charge on any atom is 0.411 e. The first-order chi connectivity index (χ1) is 9.56. The number of nitrogens with zero attached hydrogens (tertiary/aromatic N) is 2. The quantitative estimate of drug-likeness (QED) is 0.930. The summed E-state index contributed by atoms with van der Waals surface area (Å²) in [6, 6.07) is 9.01. The van der Waals surface area contributed by atoms with E-state index in [9.17, 15) is 4.79 Å². The Morgan fingerprint density at radius 2 is 1.70 bits per heavy atom. The minimum absolute atomic E-state index is 0.302. The van der Waals surface area contributed by atoms with Crippen molar-refractivity contribution in [2.75, 3.05) is 12.4 Å². The summed E-state index contributed by atoms with van der Waals surface area (Å²) >= 11 is 0. The van der Waals surface area contributed by atoms with E-state index in [-0.39, 0.29) is 0 Å². The predicted molar refractivity (Wildman–Crippen MR) is 74.0 cm³/mol. The van der Waals surface area contributed by atoms with Crippen LogP contribution in [-0.2, 0) is 4.74 Å². The van der Waals surface area contributed by atoms with Gasteiger partial charge in [-0.1, -0.05) is 0 Å². The van der Waals surface area contributed by atoms with Gasteiger partial charge in [-0.3, -0.25) is 5.32 Å². The van der Waals surface area contributed by atoms with Gasteiger partial charge in [0.05, 0.1) is 7.11 Å². The average Bonchev–Trinajstić information content (AvgIpc) is 2.39. The number of rotatable bonds is 3. The Hall–Kier alpha value is -2.63. The molecule has 1 amide bonds. The number of aryl methyl sites for hydroxylation is 2. The molecule has 104 valence electrons. The highest BCUT2D eigenvalue weighted by Gasteiger charge is 2.04. The van der Waals surface area contributed by atoms with Crippen molar-refractivity contribution >= 4 is 11.8 Å². The number of hydrogen-bond donors (Lipinski definition) is 1. The molecule has 2 rings (SSSR count). The van der Waals surface area contributed by atoms with Crippen LogP contribution in [0.2, 0.25) is 0 Å². The van der Waals surface area contributed by atoms with Crippen LogP contribution in [0.4, 0.5) is 10.5 Å². The SMILES string of the molecule is COC(=O)Nc1ccc(Oc2nc(C)cc(C)n2)cc1. The zero-order valence-corrected chi connectivity index (χ0v) is 11.5. The molecular weight excluding hydrogens is 258 g/mol. The normalized spacial score (nSPS) is 9.95. The number of hydrogen-bond acceptors (Lipinski definition) is 5. The number of carbonyl (C=O) groups excluding carboxylic acids is 1. The van der Waals surface area contributed by atoms with Crippen LogP contribution >= 0.6 is 0 Å². The first-order valence-corrected chi connectivity index (χ1v) is 6.02. The lowest BCUT2D eigenvalue weighted by atomic mass is 10.3. The molecule has 1 heterocycles. The van der Waals surface area contributed by atoms with Crippen LogP contribution in [-0.4, -0.2) is 23.2 Å². The standard InChI is InChI=1S/C14H15N3O3/c1-9-8-10(2)16-13(15-9)20-12-6-4-11(5-7-12)17-14(18)19-3/h4-8H,1-3H3,(H,17,18). The van der Waals surface area contributed by atoms with Crippen LogP contribution in [0.25, 0.3) is 0 Å². The molecule has 0 unspecified atom stereocenters. The van der Waals surface area contributed by atoms with Crippen molar-refractivity contribution in [2.45, 2.75) is 13.8 Å². The first-order valence-electron chi connectivity index (χ1n) is 6.02. The molecule has 6 nitrogen and oxygen atoms in total. The number of anilines is 1. The van der Waals surface area contributed by atoms with Crippen molar-refractivity contribution < 1.29 is 14.3 Å². The lowest BCUT2D eigenvalue weighted by Gasteiger charge is -2.07. The second-order valence-corrected chi connectivity index (χ2v) is 4.18. The van der Waals surface area contributed by atoms with Gasteiger partial charge in [0.1, 0.15) is 5.75 Å². The highest BCUT2D eigenvalue weighted by atomic mass is 16.5. The van der Waals surface area contributed by atoms with Crippen molar-refractivity contribution in [1.29, 1.82) is 0 Å². The van der Waals surface area contributed by atoms with E-state index in [4.69, 9.17) is 4.74 Å². The van der Waals surface area contributed by atoms with Crippen molar-refractivity contribution in [1.82, 2.24) is 9.97 Å². The van der Waals surface area contributed by atoms with E-state index in [0.717, 1.165) is 11.4 Å². The summed E-state index contributed by atoms with van der Waals surface area (Å²) in [7, 11) is 1.31. The molecule has 6 heteroatoms. The van der Waals surface area contributed by atoms with Gasteiger partial charge in [-0.25, -0.2) is 14.8 Å². The molecule has 0 saturated carbocycles. The third kappa shape index (κ3) is 3.68.